The lowest BCUT2D eigenvalue weighted by Gasteiger charge is -2.04. The van der Waals surface area contributed by atoms with Crippen LogP contribution in [0.2, 0.25) is 0 Å². The molecule has 1 aromatic heterocycles. The summed E-state index contributed by atoms with van der Waals surface area (Å²) < 4.78 is 5.25. The highest BCUT2D eigenvalue weighted by Crippen LogP contribution is 2.25. The van der Waals surface area contributed by atoms with Crippen LogP contribution in [0, 0.1) is 6.07 Å². The number of benzene rings is 1. The van der Waals surface area contributed by atoms with E-state index in [1.165, 1.54) is 5.56 Å². The predicted octanol–water partition coefficient (Wildman–Crippen LogP) is 3.36. The number of fused-ring (bicyclic) bond motifs is 1. The lowest BCUT2D eigenvalue weighted by atomic mass is 10.00. The summed E-state index contributed by atoms with van der Waals surface area (Å²) in [6.45, 7) is 4.35. The number of hydrogen-bond donors (Lipinski definition) is 0. The Morgan fingerprint density at radius 3 is 2.92 bits per heavy atom. The molecular formula is C11H11O. The maximum atomic E-state index is 5.25. The van der Waals surface area contributed by atoms with Crippen molar-refractivity contribution in [1.82, 2.24) is 0 Å². The van der Waals surface area contributed by atoms with Crippen molar-refractivity contribution >= 4 is 11.0 Å². The van der Waals surface area contributed by atoms with Gasteiger partial charge in [0.2, 0.25) is 0 Å². The summed E-state index contributed by atoms with van der Waals surface area (Å²) in [5.74, 6) is 0.530. The van der Waals surface area contributed by atoms with Crippen molar-refractivity contribution in [2.45, 2.75) is 19.8 Å². The lowest BCUT2D eigenvalue weighted by Crippen LogP contribution is -1.86. The van der Waals surface area contributed by atoms with Crippen LogP contribution in [0.5, 0.6) is 0 Å². The molecule has 1 radical (unpaired) electrons. The van der Waals surface area contributed by atoms with Crippen LogP contribution in [0.1, 0.15) is 25.3 Å². The Labute approximate surface area is 72.0 Å². The molecule has 0 N–H and O–H groups in total. The summed E-state index contributed by atoms with van der Waals surface area (Å²) >= 11 is 0. The minimum Gasteiger partial charge on any atom is -0.464 e. The third kappa shape index (κ3) is 1.02. The quantitative estimate of drug-likeness (QED) is 0.621. The highest BCUT2D eigenvalue weighted by atomic mass is 16.3. The number of hydrogen-bond acceptors (Lipinski definition) is 1. The highest BCUT2D eigenvalue weighted by Gasteiger charge is 2.05. The molecule has 1 nitrogen and oxygen atoms in total. The van der Waals surface area contributed by atoms with Crippen LogP contribution < -0.4 is 0 Å². The predicted molar refractivity (Wildman–Crippen MR) is 49.1 cm³/mol. The monoisotopic (exact) mass is 159 g/mol. The molecule has 1 aromatic carbocycles. The second-order valence-corrected chi connectivity index (χ2v) is 3.26. The fourth-order valence-electron chi connectivity index (χ4n) is 1.43. The molecule has 12 heavy (non-hydrogen) atoms. The van der Waals surface area contributed by atoms with E-state index in [1.807, 2.05) is 12.1 Å². The van der Waals surface area contributed by atoms with Crippen molar-refractivity contribution in [3.63, 3.8) is 0 Å². The molecule has 0 aliphatic heterocycles. The van der Waals surface area contributed by atoms with Gasteiger partial charge in [0.05, 0.1) is 6.26 Å². The SMILES string of the molecule is CC(C)c1cccc2oc[c]c12. The van der Waals surface area contributed by atoms with E-state index in [0.29, 0.717) is 5.92 Å². The molecule has 0 fully saturated rings. The van der Waals surface area contributed by atoms with Gasteiger partial charge in [0, 0.05) is 11.5 Å². The van der Waals surface area contributed by atoms with E-state index >= 15 is 0 Å². The normalized spacial score (nSPS) is 11.2. The molecule has 1 heterocycles. The average Bonchev–Trinajstić information content (AvgIpc) is 2.49. The molecule has 0 aliphatic carbocycles. The van der Waals surface area contributed by atoms with E-state index in [9.17, 15) is 0 Å². The topological polar surface area (TPSA) is 13.1 Å². The van der Waals surface area contributed by atoms with Crippen LogP contribution in [0.25, 0.3) is 11.0 Å². The third-order valence-corrected chi connectivity index (χ3v) is 2.07. The molecule has 1 heteroatoms. The van der Waals surface area contributed by atoms with Crippen LogP contribution in [0.4, 0.5) is 0 Å². The Morgan fingerprint density at radius 2 is 2.17 bits per heavy atom. The van der Waals surface area contributed by atoms with Gasteiger partial charge in [-0.05, 0) is 17.5 Å². The summed E-state index contributed by atoms with van der Waals surface area (Å²) in [5.41, 5.74) is 2.24. The third-order valence-electron chi connectivity index (χ3n) is 2.07. The highest BCUT2D eigenvalue weighted by molar-refractivity contribution is 5.80. The van der Waals surface area contributed by atoms with Crippen molar-refractivity contribution in [2.24, 2.45) is 0 Å². The van der Waals surface area contributed by atoms with Gasteiger partial charge in [0.25, 0.3) is 0 Å². The second-order valence-electron chi connectivity index (χ2n) is 3.26. The van der Waals surface area contributed by atoms with E-state index in [1.54, 1.807) is 6.26 Å². The first-order valence-electron chi connectivity index (χ1n) is 4.17. The Kier molecular flexibility index (Phi) is 1.65. The van der Waals surface area contributed by atoms with Gasteiger partial charge in [-0.2, -0.15) is 0 Å². The van der Waals surface area contributed by atoms with Crippen LogP contribution in [0.3, 0.4) is 0 Å². The second kappa shape index (κ2) is 2.67. The Bertz CT molecular complexity index is 385. The van der Waals surface area contributed by atoms with E-state index in [0.717, 1.165) is 11.0 Å². The molecule has 2 rings (SSSR count). The summed E-state index contributed by atoms with van der Waals surface area (Å²) in [6.07, 6.45) is 1.62. The Morgan fingerprint density at radius 1 is 1.33 bits per heavy atom. The van der Waals surface area contributed by atoms with Gasteiger partial charge in [0.1, 0.15) is 5.58 Å². The van der Waals surface area contributed by atoms with Crippen LogP contribution >= 0.6 is 0 Å². The maximum Gasteiger partial charge on any atom is 0.134 e. The van der Waals surface area contributed by atoms with Crippen molar-refractivity contribution < 1.29 is 4.42 Å². The van der Waals surface area contributed by atoms with Gasteiger partial charge in [0.15, 0.2) is 0 Å². The molecule has 0 saturated carbocycles. The molecule has 0 bridgehead atoms. The van der Waals surface area contributed by atoms with Gasteiger partial charge in [-0.1, -0.05) is 26.0 Å². The largest absolute Gasteiger partial charge is 0.464 e. The smallest absolute Gasteiger partial charge is 0.134 e. The zero-order valence-electron chi connectivity index (χ0n) is 7.29. The molecule has 0 unspecified atom stereocenters. The standard InChI is InChI=1S/C11H11O/c1-8(2)9-4-3-5-11-10(9)6-7-12-11/h3-5,7-8H,1-2H3. The summed E-state index contributed by atoms with van der Waals surface area (Å²) in [5, 5.41) is 1.12. The van der Waals surface area contributed by atoms with Crippen molar-refractivity contribution in [2.75, 3.05) is 0 Å². The summed E-state index contributed by atoms with van der Waals surface area (Å²) in [7, 11) is 0. The first-order valence-corrected chi connectivity index (χ1v) is 4.17. The van der Waals surface area contributed by atoms with E-state index < -0.39 is 0 Å². The van der Waals surface area contributed by atoms with E-state index in [-0.39, 0.29) is 0 Å². The molecule has 0 atom stereocenters. The van der Waals surface area contributed by atoms with E-state index in [2.05, 4.69) is 26.0 Å². The zero-order valence-corrected chi connectivity index (χ0v) is 7.29. The van der Waals surface area contributed by atoms with Gasteiger partial charge >= 0.3 is 0 Å². The summed E-state index contributed by atoms with van der Waals surface area (Å²) in [4.78, 5) is 0. The fourth-order valence-corrected chi connectivity index (χ4v) is 1.43. The zero-order chi connectivity index (χ0) is 8.55. The van der Waals surface area contributed by atoms with Crippen molar-refractivity contribution in [3.8, 4) is 0 Å². The molecule has 2 aromatic rings. The molecule has 61 valence electrons. The van der Waals surface area contributed by atoms with Crippen LogP contribution in [-0.2, 0) is 0 Å². The first-order chi connectivity index (χ1) is 5.79. The van der Waals surface area contributed by atoms with E-state index in [4.69, 9.17) is 4.42 Å². The first kappa shape index (κ1) is 7.41. The number of furan rings is 1. The summed E-state index contributed by atoms with van der Waals surface area (Å²) in [6, 6.07) is 9.22. The molecular weight excluding hydrogens is 148 g/mol. The number of rotatable bonds is 1. The average molecular weight is 159 g/mol. The van der Waals surface area contributed by atoms with Crippen LogP contribution in [-0.4, -0.2) is 0 Å². The Balaban J connectivity index is 2.73. The molecule has 0 saturated heterocycles. The van der Waals surface area contributed by atoms with Crippen molar-refractivity contribution in [3.05, 3.63) is 36.1 Å². The van der Waals surface area contributed by atoms with Gasteiger partial charge < -0.3 is 4.42 Å². The minimum absolute atomic E-state index is 0.530. The van der Waals surface area contributed by atoms with Gasteiger partial charge in [-0.15, -0.1) is 0 Å². The van der Waals surface area contributed by atoms with Crippen molar-refractivity contribution in [1.29, 1.82) is 0 Å². The lowest BCUT2D eigenvalue weighted by molar-refractivity contribution is 0.615. The molecule has 0 amide bonds. The van der Waals surface area contributed by atoms with Crippen LogP contribution in [0.15, 0.2) is 28.9 Å². The van der Waals surface area contributed by atoms with Gasteiger partial charge in [-0.25, -0.2) is 0 Å². The minimum atomic E-state index is 0.530. The molecule has 0 aliphatic rings. The molecule has 0 spiro atoms. The van der Waals surface area contributed by atoms with Gasteiger partial charge in [-0.3, -0.25) is 0 Å². The fraction of sp³-hybridized carbons (Fsp3) is 0.273. The Hall–Kier alpha value is -1.24. The maximum absolute atomic E-state index is 5.25.